The van der Waals surface area contributed by atoms with Gasteiger partial charge in [0.15, 0.2) is 0 Å². The lowest BCUT2D eigenvalue weighted by molar-refractivity contribution is 0.566. The van der Waals surface area contributed by atoms with Crippen molar-refractivity contribution >= 4 is 15.9 Å². The molecular weight excluding hydrogens is 176 g/mol. The molecule has 0 aromatic rings. The molecule has 0 bridgehead atoms. The van der Waals surface area contributed by atoms with Gasteiger partial charge in [0.05, 0.1) is 0 Å². The lowest BCUT2D eigenvalue weighted by Gasteiger charge is -2.14. The maximum absolute atomic E-state index is 3.61. The van der Waals surface area contributed by atoms with E-state index in [4.69, 9.17) is 0 Å². The first-order valence-corrected chi connectivity index (χ1v) is 4.61. The highest BCUT2D eigenvalue weighted by atomic mass is 79.9. The van der Waals surface area contributed by atoms with Crippen LogP contribution < -0.4 is 0 Å². The molecule has 0 rings (SSSR count). The Kier molecular flexibility index (Phi) is 5.56. The van der Waals surface area contributed by atoms with Gasteiger partial charge in [-0.1, -0.05) is 49.5 Å². The second kappa shape index (κ2) is 5.28. The third-order valence-electron chi connectivity index (χ3n) is 1.65. The quantitative estimate of drug-likeness (QED) is 0.598. The molecule has 0 aliphatic rings. The number of halogens is 1. The number of rotatable bonds is 4. The average molecular weight is 192 g/mol. The van der Waals surface area contributed by atoms with E-state index in [2.05, 4.69) is 43.1 Å². The minimum Gasteiger partial charge on any atom is -0.0885 e. The van der Waals surface area contributed by atoms with Crippen LogP contribution in [0.2, 0.25) is 0 Å². The maximum Gasteiger partial charge on any atom is 0.0202 e. The van der Waals surface area contributed by atoms with Gasteiger partial charge < -0.3 is 0 Å². The van der Waals surface area contributed by atoms with Gasteiger partial charge in [-0.3, -0.25) is 0 Å². The Morgan fingerprint density at radius 2 is 2.00 bits per heavy atom. The first-order chi connectivity index (χ1) is 4.22. The molecule has 55 valence electrons. The summed E-state index contributed by atoms with van der Waals surface area (Å²) in [6.45, 7) is 6.67. The van der Waals surface area contributed by atoms with Crippen molar-refractivity contribution in [3.63, 3.8) is 0 Å². The van der Waals surface area contributed by atoms with E-state index in [1.54, 1.807) is 0 Å². The molecule has 2 unspecified atom stereocenters. The maximum atomic E-state index is 3.61. The molecule has 0 heterocycles. The Balaban J connectivity index is 3.32. The first kappa shape index (κ1) is 9.48. The fourth-order valence-corrected chi connectivity index (χ4v) is 1.43. The molecule has 0 saturated heterocycles. The van der Waals surface area contributed by atoms with Gasteiger partial charge in [0.2, 0.25) is 0 Å². The molecule has 0 saturated carbocycles. The smallest absolute Gasteiger partial charge is 0.0202 e. The summed E-state index contributed by atoms with van der Waals surface area (Å²) in [5, 5.41) is 0. The van der Waals surface area contributed by atoms with Gasteiger partial charge in [0.1, 0.15) is 0 Å². The van der Waals surface area contributed by atoms with E-state index < -0.39 is 0 Å². The van der Waals surface area contributed by atoms with Crippen LogP contribution in [0.3, 0.4) is 0 Å². The van der Waals surface area contributed by atoms with E-state index in [1.165, 1.54) is 12.8 Å². The second-order valence-electron chi connectivity index (χ2n) is 2.47. The van der Waals surface area contributed by atoms with Gasteiger partial charge in [0, 0.05) is 4.83 Å². The van der Waals surface area contributed by atoms with E-state index in [0.717, 1.165) is 5.92 Å². The van der Waals surface area contributed by atoms with Crippen molar-refractivity contribution in [2.75, 3.05) is 0 Å². The molecule has 0 N–H and O–H groups in total. The highest BCUT2D eigenvalue weighted by Crippen LogP contribution is 2.19. The fourth-order valence-electron chi connectivity index (χ4n) is 0.683. The summed E-state index contributed by atoms with van der Waals surface area (Å²) in [5.74, 6) is 0.782. The van der Waals surface area contributed by atoms with E-state index >= 15 is 0 Å². The molecule has 0 spiro atoms. The Hall–Kier alpha value is 0.480. The molecule has 2 atom stereocenters. The summed E-state index contributed by atoms with van der Waals surface area (Å²) < 4.78 is 0. The molecule has 0 amide bonds. The van der Waals surface area contributed by atoms with Crippen molar-refractivity contribution in [3.05, 3.63) is 6.42 Å². The van der Waals surface area contributed by atoms with Crippen LogP contribution in [0.1, 0.15) is 33.6 Å². The van der Waals surface area contributed by atoms with E-state index in [-0.39, 0.29) is 0 Å². The van der Waals surface area contributed by atoms with Crippen molar-refractivity contribution in [2.24, 2.45) is 5.92 Å². The van der Waals surface area contributed by atoms with E-state index in [1.807, 2.05) is 0 Å². The van der Waals surface area contributed by atoms with Crippen LogP contribution in [0.5, 0.6) is 0 Å². The molecule has 0 aliphatic heterocycles. The van der Waals surface area contributed by atoms with Gasteiger partial charge >= 0.3 is 0 Å². The zero-order valence-corrected chi connectivity index (χ0v) is 8.11. The van der Waals surface area contributed by atoms with Gasteiger partial charge in [-0.2, -0.15) is 0 Å². The van der Waals surface area contributed by atoms with Crippen LogP contribution in [0.4, 0.5) is 0 Å². The molecule has 0 fully saturated rings. The lowest BCUT2D eigenvalue weighted by Crippen LogP contribution is -2.09. The van der Waals surface area contributed by atoms with Gasteiger partial charge in [-0.15, -0.1) is 0 Å². The SMILES string of the molecule is CC[CH]C(Br)C(C)CC. The Morgan fingerprint density at radius 1 is 1.44 bits per heavy atom. The summed E-state index contributed by atoms with van der Waals surface area (Å²) in [4.78, 5) is 0.618. The standard InChI is InChI=1S/C8H16Br/c1-4-6-8(9)7(3)5-2/h6-8H,4-5H2,1-3H3. The molecule has 9 heavy (non-hydrogen) atoms. The van der Waals surface area contributed by atoms with Crippen LogP contribution in [-0.2, 0) is 0 Å². The zero-order chi connectivity index (χ0) is 7.28. The summed E-state index contributed by atoms with van der Waals surface area (Å²) in [7, 11) is 0. The predicted octanol–water partition coefficient (Wildman–Crippen LogP) is 3.41. The average Bonchev–Trinajstić information content (AvgIpc) is 1.87. The van der Waals surface area contributed by atoms with Gasteiger partial charge in [-0.25, -0.2) is 0 Å². The minimum absolute atomic E-state index is 0.618. The third kappa shape index (κ3) is 3.96. The molecule has 0 aliphatic carbocycles. The topological polar surface area (TPSA) is 0 Å². The molecule has 0 aromatic heterocycles. The normalized spacial score (nSPS) is 17.3. The Labute approximate surface area is 67.2 Å². The lowest BCUT2D eigenvalue weighted by atomic mass is 10.0. The van der Waals surface area contributed by atoms with Crippen molar-refractivity contribution in [2.45, 2.75) is 38.4 Å². The molecule has 1 heteroatoms. The molecule has 1 radical (unpaired) electrons. The molecule has 0 nitrogen and oxygen atoms in total. The van der Waals surface area contributed by atoms with Crippen LogP contribution in [0.25, 0.3) is 0 Å². The third-order valence-corrected chi connectivity index (χ3v) is 2.92. The second-order valence-corrected chi connectivity index (χ2v) is 3.53. The largest absolute Gasteiger partial charge is 0.0885 e. The summed E-state index contributed by atoms with van der Waals surface area (Å²) >= 11 is 3.61. The highest BCUT2D eigenvalue weighted by molar-refractivity contribution is 9.09. The van der Waals surface area contributed by atoms with Crippen LogP contribution in [0, 0.1) is 12.3 Å². The number of alkyl halides is 1. The van der Waals surface area contributed by atoms with Crippen LogP contribution >= 0.6 is 15.9 Å². The van der Waals surface area contributed by atoms with Crippen LogP contribution in [0.15, 0.2) is 0 Å². The monoisotopic (exact) mass is 191 g/mol. The van der Waals surface area contributed by atoms with Crippen LogP contribution in [-0.4, -0.2) is 4.83 Å². The van der Waals surface area contributed by atoms with Crippen molar-refractivity contribution in [3.8, 4) is 0 Å². The van der Waals surface area contributed by atoms with Crippen molar-refractivity contribution < 1.29 is 0 Å². The van der Waals surface area contributed by atoms with E-state index in [9.17, 15) is 0 Å². The van der Waals surface area contributed by atoms with Crippen molar-refractivity contribution in [1.29, 1.82) is 0 Å². The Bertz CT molecular complexity index is 61.6. The van der Waals surface area contributed by atoms with Gasteiger partial charge in [0.25, 0.3) is 0 Å². The molecular formula is C8H16Br. The summed E-state index contributed by atoms with van der Waals surface area (Å²) in [6.07, 6.45) is 4.74. The fraction of sp³-hybridized carbons (Fsp3) is 0.875. The number of hydrogen-bond acceptors (Lipinski definition) is 0. The minimum atomic E-state index is 0.618. The predicted molar refractivity (Wildman–Crippen MR) is 46.8 cm³/mol. The van der Waals surface area contributed by atoms with Crippen molar-refractivity contribution in [1.82, 2.24) is 0 Å². The van der Waals surface area contributed by atoms with Gasteiger partial charge in [-0.05, 0) is 12.3 Å². The first-order valence-electron chi connectivity index (χ1n) is 3.69. The summed E-state index contributed by atoms with van der Waals surface area (Å²) in [5.41, 5.74) is 0. The highest BCUT2D eigenvalue weighted by Gasteiger charge is 2.09. The zero-order valence-electron chi connectivity index (χ0n) is 6.52. The number of hydrogen-bond donors (Lipinski definition) is 0. The Morgan fingerprint density at radius 3 is 2.33 bits per heavy atom. The summed E-state index contributed by atoms with van der Waals surface area (Å²) in [6, 6.07) is 0. The van der Waals surface area contributed by atoms with E-state index in [0.29, 0.717) is 4.83 Å². The molecule has 0 aromatic carbocycles.